The highest BCUT2D eigenvalue weighted by Crippen LogP contribution is 2.32. The van der Waals surface area contributed by atoms with E-state index in [0.29, 0.717) is 30.5 Å². The molecule has 1 aliphatic heterocycles. The first-order valence-corrected chi connectivity index (χ1v) is 10.3. The molecule has 6 heteroatoms. The fraction of sp³-hybridized carbons (Fsp3) is 0.280. The highest BCUT2D eigenvalue weighted by Gasteiger charge is 2.30. The molecule has 4 rings (SSSR count). The van der Waals surface area contributed by atoms with E-state index in [9.17, 15) is 19.6 Å². The highest BCUT2D eigenvalue weighted by atomic mass is 16.4. The van der Waals surface area contributed by atoms with E-state index in [2.05, 4.69) is 6.07 Å². The number of nitriles is 1. The van der Waals surface area contributed by atoms with Gasteiger partial charge in [-0.15, -0.1) is 0 Å². The van der Waals surface area contributed by atoms with Gasteiger partial charge in [-0.3, -0.25) is 4.79 Å². The van der Waals surface area contributed by atoms with Gasteiger partial charge < -0.3 is 14.1 Å². The van der Waals surface area contributed by atoms with Crippen molar-refractivity contribution in [3.63, 3.8) is 0 Å². The fourth-order valence-corrected chi connectivity index (χ4v) is 4.23. The molecule has 1 unspecified atom stereocenters. The number of carbonyl (C=O) groups is 2. The molecule has 1 fully saturated rings. The number of nitrogens with zero attached hydrogens (tertiary/aromatic N) is 2. The smallest absolute Gasteiger partial charge is 0.336 e. The third kappa shape index (κ3) is 3.99. The number of benzene rings is 2. The van der Waals surface area contributed by atoms with Crippen LogP contribution in [0.25, 0.3) is 22.1 Å². The Morgan fingerprint density at radius 3 is 2.77 bits per heavy atom. The molecular formula is C25H22N2O4. The summed E-state index contributed by atoms with van der Waals surface area (Å²) in [6.45, 7) is 2.83. The number of fused-ring (bicyclic) bond motifs is 1. The maximum atomic E-state index is 13.0. The van der Waals surface area contributed by atoms with E-state index in [0.717, 1.165) is 34.9 Å². The van der Waals surface area contributed by atoms with Gasteiger partial charge >= 0.3 is 5.63 Å². The van der Waals surface area contributed by atoms with Crippen LogP contribution in [0.5, 0.6) is 0 Å². The van der Waals surface area contributed by atoms with Gasteiger partial charge in [0.05, 0.1) is 12.0 Å². The maximum Gasteiger partial charge on any atom is 0.336 e. The molecule has 31 heavy (non-hydrogen) atoms. The summed E-state index contributed by atoms with van der Waals surface area (Å²) in [5.41, 5.74) is 3.00. The predicted molar refractivity (Wildman–Crippen MR) is 116 cm³/mol. The molecule has 3 aromatic rings. The van der Waals surface area contributed by atoms with E-state index in [1.54, 1.807) is 23.1 Å². The fourth-order valence-electron chi connectivity index (χ4n) is 4.23. The van der Waals surface area contributed by atoms with Gasteiger partial charge in [0.15, 0.2) is 0 Å². The van der Waals surface area contributed by atoms with Gasteiger partial charge in [-0.2, -0.15) is 5.26 Å². The van der Waals surface area contributed by atoms with Crippen LogP contribution >= 0.6 is 0 Å². The molecule has 0 aliphatic carbocycles. The molecule has 1 saturated heterocycles. The number of rotatable bonds is 4. The number of aryl methyl sites for hydroxylation is 1. The zero-order valence-electron chi connectivity index (χ0n) is 17.2. The summed E-state index contributed by atoms with van der Waals surface area (Å²) in [6.07, 6.45) is 2.11. The predicted octanol–water partition coefficient (Wildman–Crippen LogP) is 3.81. The minimum atomic E-state index is -1.01. The minimum absolute atomic E-state index is 0.212. The quantitative estimate of drug-likeness (QED) is 0.368. The molecule has 2 heterocycles. The van der Waals surface area contributed by atoms with Crippen molar-refractivity contribution in [1.82, 2.24) is 4.90 Å². The van der Waals surface area contributed by atoms with Crippen molar-refractivity contribution in [2.75, 3.05) is 13.1 Å². The highest BCUT2D eigenvalue weighted by molar-refractivity contribution is 6.00. The molecule has 0 N–H and O–H groups in total. The molecule has 0 spiro atoms. The van der Waals surface area contributed by atoms with Gasteiger partial charge in [0, 0.05) is 30.1 Å². The molecule has 1 aliphatic rings. The molecule has 1 amide bonds. The summed E-state index contributed by atoms with van der Waals surface area (Å²) in [7, 11) is 0. The molecule has 0 saturated carbocycles. The molecular weight excluding hydrogens is 392 g/mol. The SMILES string of the molecule is Cc1ccccc1-c1cc(=O)oc2cc(C(C=O)C(=O)N3CCC[C@H](C#N)C3)ccc12. The van der Waals surface area contributed by atoms with Crippen LogP contribution in [0.1, 0.15) is 29.9 Å². The Morgan fingerprint density at radius 1 is 1.23 bits per heavy atom. The summed E-state index contributed by atoms with van der Waals surface area (Å²) < 4.78 is 5.42. The van der Waals surface area contributed by atoms with Gasteiger partial charge in [0.1, 0.15) is 17.8 Å². The van der Waals surface area contributed by atoms with Crippen molar-refractivity contribution in [1.29, 1.82) is 5.26 Å². The van der Waals surface area contributed by atoms with E-state index < -0.39 is 11.5 Å². The normalized spacial score (nSPS) is 17.2. The number of piperidine rings is 1. The Bertz CT molecular complexity index is 1250. The summed E-state index contributed by atoms with van der Waals surface area (Å²) >= 11 is 0. The first kappa shape index (κ1) is 20.5. The molecule has 0 bridgehead atoms. The van der Waals surface area contributed by atoms with E-state index in [4.69, 9.17) is 4.42 Å². The van der Waals surface area contributed by atoms with E-state index >= 15 is 0 Å². The van der Waals surface area contributed by atoms with Gasteiger partial charge in [-0.1, -0.05) is 36.4 Å². The maximum absolute atomic E-state index is 13.0. The van der Waals surface area contributed by atoms with Gasteiger partial charge in [0.2, 0.25) is 5.91 Å². The second-order valence-electron chi connectivity index (χ2n) is 7.92. The first-order valence-electron chi connectivity index (χ1n) is 10.3. The van der Waals surface area contributed by atoms with Gasteiger partial charge in [0.25, 0.3) is 0 Å². The zero-order chi connectivity index (χ0) is 22.0. The minimum Gasteiger partial charge on any atom is -0.423 e. The third-order valence-corrected chi connectivity index (χ3v) is 5.88. The molecule has 1 aromatic heterocycles. The largest absolute Gasteiger partial charge is 0.423 e. The van der Waals surface area contributed by atoms with E-state index in [-0.39, 0.29) is 11.8 Å². The van der Waals surface area contributed by atoms with Crippen molar-refractivity contribution in [3.8, 4) is 17.2 Å². The summed E-state index contributed by atoms with van der Waals surface area (Å²) in [4.78, 5) is 38.7. The number of hydrogen-bond acceptors (Lipinski definition) is 5. The number of amides is 1. The summed E-state index contributed by atoms with van der Waals surface area (Å²) in [6, 6.07) is 16.5. The van der Waals surface area contributed by atoms with Crippen molar-refractivity contribution < 1.29 is 14.0 Å². The average molecular weight is 414 g/mol. The van der Waals surface area contributed by atoms with Crippen molar-refractivity contribution in [3.05, 3.63) is 70.1 Å². The van der Waals surface area contributed by atoms with Crippen LogP contribution in [0.15, 0.2) is 57.7 Å². The molecule has 156 valence electrons. The Balaban J connectivity index is 1.74. The lowest BCUT2D eigenvalue weighted by Crippen LogP contribution is -2.42. The summed E-state index contributed by atoms with van der Waals surface area (Å²) in [5, 5.41) is 9.92. The summed E-state index contributed by atoms with van der Waals surface area (Å²) in [5.74, 6) is -1.54. The Kier molecular flexibility index (Phi) is 5.68. The lowest BCUT2D eigenvalue weighted by Gasteiger charge is -2.31. The second kappa shape index (κ2) is 8.57. The van der Waals surface area contributed by atoms with Crippen molar-refractivity contribution >= 4 is 23.2 Å². The first-order chi connectivity index (χ1) is 15.0. The zero-order valence-corrected chi connectivity index (χ0v) is 17.2. The Labute approximate surface area is 179 Å². The van der Waals surface area contributed by atoms with Crippen LogP contribution in [-0.4, -0.2) is 30.2 Å². The number of aldehydes is 1. The van der Waals surface area contributed by atoms with Crippen LogP contribution in [0, 0.1) is 24.2 Å². The molecule has 0 radical (unpaired) electrons. The van der Waals surface area contributed by atoms with Crippen LogP contribution in [0.2, 0.25) is 0 Å². The van der Waals surface area contributed by atoms with Gasteiger partial charge in [-0.05, 0) is 42.5 Å². The van der Waals surface area contributed by atoms with Crippen LogP contribution < -0.4 is 5.63 Å². The lowest BCUT2D eigenvalue weighted by atomic mass is 9.93. The van der Waals surface area contributed by atoms with E-state index in [1.165, 1.54) is 6.07 Å². The standard InChI is InChI=1S/C25H22N2O4/c1-16-5-2-3-7-19(16)21-12-24(29)31-23-11-18(8-9-20(21)23)22(15-28)25(30)27-10-4-6-17(13-26)14-27/h2-3,5,7-9,11-12,15,17,22H,4,6,10,14H2,1H3/t17-,22?/m1/s1. The second-order valence-corrected chi connectivity index (χ2v) is 7.92. The molecule has 2 atom stereocenters. The number of carbonyl (C=O) groups excluding carboxylic acids is 2. The monoisotopic (exact) mass is 414 g/mol. The topological polar surface area (TPSA) is 91.4 Å². The van der Waals surface area contributed by atoms with Crippen LogP contribution in [-0.2, 0) is 9.59 Å². The average Bonchev–Trinajstić information content (AvgIpc) is 2.79. The van der Waals surface area contributed by atoms with E-state index in [1.807, 2.05) is 31.2 Å². The van der Waals surface area contributed by atoms with Crippen molar-refractivity contribution in [2.45, 2.75) is 25.7 Å². The Morgan fingerprint density at radius 2 is 2.03 bits per heavy atom. The number of likely N-dealkylation sites (tertiary alicyclic amines) is 1. The third-order valence-electron chi connectivity index (χ3n) is 5.88. The lowest BCUT2D eigenvalue weighted by molar-refractivity contribution is -0.136. The van der Waals surface area contributed by atoms with Gasteiger partial charge in [-0.25, -0.2) is 4.79 Å². The molecule has 6 nitrogen and oxygen atoms in total. The molecule has 2 aromatic carbocycles. The number of hydrogen-bond donors (Lipinski definition) is 0. The van der Waals surface area contributed by atoms with Crippen molar-refractivity contribution in [2.24, 2.45) is 5.92 Å². The van der Waals surface area contributed by atoms with Crippen LogP contribution in [0.4, 0.5) is 0 Å². The Hall–Kier alpha value is -3.72. The van der Waals surface area contributed by atoms with Crippen LogP contribution in [0.3, 0.4) is 0 Å².